The lowest BCUT2D eigenvalue weighted by Gasteiger charge is -2.21. The van der Waals surface area contributed by atoms with Crippen molar-refractivity contribution in [1.29, 1.82) is 0 Å². The van der Waals surface area contributed by atoms with Crippen LogP contribution >= 0.6 is 0 Å². The first-order valence-electron chi connectivity index (χ1n) is 13.1. The Kier molecular flexibility index (Phi) is 15.5. The van der Waals surface area contributed by atoms with E-state index in [-0.39, 0.29) is 25.0 Å². The zero-order valence-corrected chi connectivity index (χ0v) is 21.4. The van der Waals surface area contributed by atoms with Crippen LogP contribution in [0.5, 0.6) is 0 Å². The maximum atomic E-state index is 12.2. The van der Waals surface area contributed by atoms with Gasteiger partial charge >= 0.3 is 11.9 Å². The summed E-state index contributed by atoms with van der Waals surface area (Å²) in [6.07, 6.45) is 12.4. The van der Waals surface area contributed by atoms with E-state index in [9.17, 15) is 14.7 Å². The Morgan fingerprint density at radius 1 is 0.909 bits per heavy atom. The van der Waals surface area contributed by atoms with Crippen LogP contribution in [0.3, 0.4) is 0 Å². The number of carbonyl (C=O) groups excluding carboxylic acids is 1. The number of rotatable bonds is 19. The van der Waals surface area contributed by atoms with Crippen molar-refractivity contribution < 1.29 is 19.4 Å². The summed E-state index contributed by atoms with van der Waals surface area (Å²) in [6.45, 7) is 9.13. The van der Waals surface area contributed by atoms with Gasteiger partial charge in [-0.05, 0) is 55.7 Å². The van der Waals surface area contributed by atoms with E-state index in [2.05, 4.69) is 36.5 Å². The SMILES string of the molecule is CCCCCCCCCc1ccc(CCNC(CC)CC(C(=O)O)C(=O)OCC(C)C)cc1. The zero-order chi connectivity index (χ0) is 24.5. The number of carboxylic acid groups (broad SMARTS) is 1. The number of nitrogens with one attached hydrogen (secondary N) is 1. The predicted molar refractivity (Wildman–Crippen MR) is 135 cm³/mol. The molecule has 1 rings (SSSR count). The molecule has 1 aromatic carbocycles. The highest BCUT2D eigenvalue weighted by molar-refractivity contribution is 5.93. The van der Waals surface area contributed by atoms with Gasteiger partial charge in [-0.1, -0.05) is 90.5 Å². The van der Waals surface area contributed by atoms with Gasteiger partial charge in [0.25, 0.3) is 0 Å². The first-order chi connectivity index (χ1) is 15.9. The van der Waals surface area contributed by atoms with Crippen molar-refractivity contribution in [2.75, 3.05) is 13.2 Å². The van der Waals surface area contributed by atoms with Crippen LogP contribution in [-0.2, 0) is 27.2 Å². The van der Waals surface area contributed by atoms with E-state index in [1.807, 2.05) is 20.8 Å². The van der Waals surface area contributed by atoms with Gasteiger partial charge in [0.2, 0.25) is 0 Å². The third-order valence-corrected chi connectivity index (χ3v) is 6.09. The summed E-state index contributed by atoms with van der Waals surface area (Å²) < 4.78 is 5.17. The number of hydrogen-bond acceptors (Lipinski definition) is 4. The molecule has 2 unspecified atom stereocenters. The Morgan fingerprint density at radius 2 is 1.48 bits per heavy atom. The van der Waals surface area contributed by atoms with Gasteiger partial charge in [0.05, 0.1) is 6.61 Å². The molecule has 2 atom stereocenters. The number of ether oxygens (including phenoxy) is 1. The van der Waals surface area contributed by atoms with E-state index in [0.717, 1.165) is 25.8 Å². The molecule has 0 fully saturated rings. The number of unbranched alkanes of at least 4 members (excludes halogenated alkanes) is 6. The molecule has 0 radical (unpaired) electrons. The summed E-state index contributed by atoms with van der Waals surface area (Å²) in [5.74, 6) is -2.67. The molecule has 2 N–H and O–H groups in total. The highest BCUT2D eigenvalue weighted by Crippen LogP contribution is 2.14. The molecule has 0 bridgehead atoms. The largest absolute Gasteiger partial charge is 0.481 e. The Labute approximate surface area is 201 Å². The van der Waals surface area contributed by atoms with Crippen LogP contribution < -0.4 is 5.32 Å². The minimum absolute atomic E-state index is 0.0331. The van der Waals surface area contributed by atoms with E-state index >= 15 is 0 Å². The molecule has 0 heterocycles. The third kappa shape index (κ3) is 13.4. The van der Waals surface area contributed by atoms with Crippen molar-refractivity contribution >= 4 is 11.9 Å². The monoisotopic (exact) mass is 461 g/mol. The maximum Gasteiger partial charge on any atom is 0.320 e. The van der Waals surface area contributed by atoms with Gasteiger partial charge in [0.1, 0.15) is 0 Å². The smallest absolute Gasteiger partial charge is 0.320 e. The molecule has 0 aliphatic carbocycles. The van der Waals surface area contributed by atoms with Crippen LogP contribution in [0, 0.1) is 11.8 Å². The summed E-state index contributed by atoms with van der Waals surface area (Å²) in [4.78, 5) is 23.8. The molecule has 5 heteroatoms. The van der Waals surface area contributed by atoms with Gasteiger partial charge in [-0.2, -0.15) is 0 Å². The molecule has 188 valence electrons. The Bertz CT molecular complexity index is 656. The quantitative estimate of drug-likeness (QED) is 0.146. The maximum absolute atomic E-state index is 12.2. The molecule has 5 nitrogen and oxygen atoms in total. The summed E-state index contributed by atoms with van der Waals surface area (Å²) in [5.41, 5.74) is 2.67. The van der Waals surface area contributed by atoms with Gasteiger partial charge in [-0.15, -0.1) is 0 Å². The second-order valence-electron chi connectivity index (χ2n) is 9.65. The van der Waals surface area contributed by atoms with Gasteiger partial charge in [-0.25, -0.2) is 0 Å². The van der Waals surface area contributed by atoms with Crippen LogP contribution in [0.25, 0.3) is 0 Å². The molecular formula is C28H47NO4. The molecule has 0 spiro atoms. The molecular weight excluding hydrogens is 414 g/mol. The van der Waals surface area contributed by atoms with E-state index < -0.39 is 17.9 Å². The van der Waals surface area contributed by atoms with Gasteiger partial charge in [0.15, 0.2) is 5.92 Å². The van der Waals surface area contributed by atoms with E-state index in [0.29, 0.717) is 0 Å². The van der Waals surface area contributed by atoms with E-state index in [4.69, 9.17) is 4.74 Å². The van der Waals surface area contributed by atoms with Crippen LogP contribution in [0.2, 0.25) is 0 Å². The topological polar surface area (TPSA) is 75.6 Å². The Hall–Kier alpha value is -1.88. The molecule has 0 aromatic heterocycles. The van der Waals surface area contributed by atoms with Crippen LogP contribution in [0.1, 0.15) is 96.6 Å². The highest BCUT2D eigenvalue weighted by atomic mass is 16.5. The molecule has 0 amide bonds. The Balaban J connectivity index is 2.36. The zero-order valence-electron chi connectivity index (χ0n) is 21.4. The molecule has 0 aliphatic heterocycles. The second kappa shape index (κ2) is 17.6. The number of esters is 1. The fourth-order valence-electron chi connectivity index (χ4n) is 3.91. The van der Waals surface area contributed by atoms with Gasteiger partial charge in [-0.3, -0.25) is 9.59 Å². The molecule has 0 aliphatic rings. The number of carboxylic acids is 1. The normalized spacial score (nSPS) is 13.1. The first-order valence-corrected chi connectivity index (χ1v) is 13.1. The van der Waals surface area contributed by atoms with Gasteiger partial charge < -0.3 is 15.2 Å². The molecule has 33 heavy (non-hydrogen) atoms. The number of benzene rings is 1. The predicted octanol–water partition coefficient (Wildman–Crippen LogP) is 6.18. The minimum atomic E-state index is -1.12. The molecule has 1 aromatic rings. The lowest BCUT2D eigenvalue weighted by atomic mass is 9.98. The number of hydrogen-bond donors (Lipinski definition) is 2. The standard InChI is InChI=1S/C28H47NO4/c1-5-7-8-9-10-11-12-13-23-14-16-24(17-15-23)18-19-29-25(6-2)20-26(27(30)31)28(32)33-21-22(3)4/h14-17,22,25-26,29H,5-13,18-21H2,1-4H3,(H,30,31). The average molecular weight is 462 g/mol. The summed E-state index contributed by atoms with van der Waals surface area (Å²) in [6, 6.07) is 8.82. The van der Waals surface area contributed by atoms with Crippen LogP contribution in [0.15, 0.2) is 24.3 Å². The van der Waals surface area contributed by atoms with Crippen molar-refractivity contribution in [3.63, 3.8) is 0 Å². The molecule has 0 saturated carbocycles. The fourth-order valence-corrected chi connectivity index (χ4v) is 3.91. The van der Waals surface area contributed by atoms with Crippen molar-refractivity contribution in [2.24, 2.45) is 11.8 Å². The number of aliphatic carboxylic acids is 1. The highest BCUT2D eigenvalue weighted by Gasteiger charge is 2.30. The average Bonchev–Trinajstić information content (AvgIpc) is 2.79. The molecule has 0 saturated heterocycles. The van der Waals surface area contributed by atoms with E-state index in [1.54, 1.807) is 0 Å². The van der Waals surface area contributed by atoms with Crippen LogP contribution in [-0.4, -0.2) is 36.2 Å². The lowest BCUT2D eigenvalue weighted by Crippen LogP contribution is -2.37. The van der Waals surface area contributed by atoms with Crippen molar-refractivity contribution in [1.82, 2.24) is 5.32 Å². The second-order valence-corrected chi connectivity index (χ2v) is 9.65. The first kappa shape index (κ1) is 29.2. The number of carbonyl (C=O) groups is 2. The number of aryl methyl sites for hydroxylation is 1. The Morgan fingerprint density at radius 3 is 2.03 bits per heavy atom. The summed E-state index contributed by atoms with van der Waals surface area (Å²) in [7, 11) is 0. The summed E-state index contributed by atoms with van der Waals surface area (Å²) in [5, 5.41) is 12.9. The van der Waals surface area contributed by atoms with Crippen molar-refractivity contribution in [3.8, 4) is 0 Å². The lowest BCUT2D eigenvalue weighted by molar-refractivity contribution is -0.160. The summed E-state index contributed by atoms with van der Waals surface area (Å²) >= 11 is 0. The van der Waals surface area contributed by atoms with Crippen molar-refractivity contribution in [2.45, 2.75) is 104 Å². The third-order valence-electron chi connectivity index (χ3n) is 6.09. The minimum Gasteiger partial charge on any atom is -0.481 e. The van der Waals surface area contributed by atoms with Gasteiger partial charge in [0, 0.05) is 6.04 Å². The van der Waals surface area contributed by atoms with Crippen LogP contribution in [0.4, 0.5) is 0 Å². The fraction of sp³-hybridized carbons (Fsp3) is 0.714. The van der Waals surface area contributed by atoms with E-state index in [1.165, 1.54) is 56.1 Å². The van der Waals surface area contributed by atoms with Crippen molar-refractivity contribution in [3.05, 3.63) is 35.4 Å².